The fraction of sp³-hybridized carbons (Fsp3) is 0.208. The summed E-state index contributed by atoms with van der Waals surface area (Å²) in [5.41, 5.74) is 13.3. The highest BCUT2D eigenvalue weighted by Gasteiger charge is 2.32. The van der Waals surface area contributed by atoms with Gasteiger partial charge in [0.05, 0.1) is 5.69 Å². The average molecular weight is 382 g/mol. The average Bonchev–Trinajstić information content (AvgIpc) is 3.21. The quantitative estimate of drug-likeness (QED) is 0.510. The van der Waals surface area contributed by atoms with E-state index in [0.29, 0.717) is 0 Å². The Morgan fingerprint density at radius 1 is 1.07 bits per heavy atom. The first-order valence-electron chi connectivity index (χ1n) is 9.89. The van der Waals surface area contributed by atoms with Crippen molar-refractivity contribution in [3.63, 3.8) is 0 Å². The number of nitrogen functional groups attached to an aromatic ring is 1. The summed E-state index contributed by atoms with van der Waals surface area (Å²) in [4.78, 5) is 24.0. The summed E-state index contributed by atoms with van der Waals surface area (Å²) in [5.74, 6) is 0.258. The standard InChI is InChI=1S/C24H22N4O/c1-14-23-16(13-29)11-15(12-22(23)28-24(25)27-14)17-5-2-3-6-18(17)19-7-4-8-21-20(19)9-10-26-21/h2-10,13,15-16,26H,11-12H2,1H3,(H2,25,27,28). The topological polar surface area (TPSA) is 84.7 Å². The Labute approximate surface area is 169 Å². The minimum absolute atomic E-state index is 0.191. The number of carbonyl (C=O) groups is 1. The van der Waals surface area contributed by atoms with Crippen LogP contribution in [0.25, 0.3) is 22.0 Å². The number of fused-ring (bicyclic) bond motifs is 2. The van der Waals surface area contributed by atoms with Crippen molar-refractivity contribution in [3.05, 3.63) is 77.2 Å². The zero-order valence-corrected chi connectivity index (χ0v) is 16.2. The third-order valence-corrected chi connectivity index (χ3v) is 6.03. The number of hydrogen-bond acceptors (Lipinski definition) is 4. The van der Waals surface area contributed by atoms with Crippen molar-refractivity contribution < 1.29 is 4.79 Å². The Hall–Kier alpha value is -3.47. The first kappa shape index (κ1) is 17.6. The molecule has 5 nitrogen and oxygen atoms in total. The highest BCUT2D eigenvalue weighted by Crippen LogP contribution is 2.43. The number of anilines is 1. The smallest absolute Gasteiger partial charge is 0.220 e. The highest BCUT2D eigenvalue weighted by atomic mass is 16.1. The first-order valence-corrected chi connectivity index (χ1v) is 9.89. The lowest BCUT2D eigenvalue weighted by molar-refractivity contribution is -0.109. The van der Waals surface area contributed by atoms with Crippen molar-refractivity contribution in [1.82, 2.24) is 15.0 Å². The molecular weight excluding hydrogens is 360 g/mol. The molecule has 5 rings (SSSR count). The number of hydrogen-bond donors (Lipinski definition) is 2. The summed E-state index contributed by atoms with van der Waals surface area (Å²) >= 11 is 0. The molecule has 1 aliphatic rings. The second kappa shape index (κ2) is 6.85. The zero-order valence-electron chi connectivity index (χ0n) is 16.2. The van der Waals surface area contributed by atoms with E-state index in [2.05, 4.69) is 63.5 Å². The van der Waals surface area contributed by atoms with Gasteiger partial charge in [0, 0.05) is 34.3 Å². The number of nitrogens with one attached hydrogen (secondary N) is 1. The molecule has 0 amide bonds. The van der Waals surface area contributed by atoms with Crippen LogP contribution in [-0.2, 0) is 11.2 Å². The Morgan fingerprint density at radius 3 is 2.76 bits per heavy atom. The number of carbonyl (C=O) groups excluding carboxylic acids is 1. The molecule has 0 saturated carbocycles. The molecule has 0 spiro atoms. The number of rotatable bonds is 3. The van der Waals surface area contributed by atoms with Crippen LogP contribution in [0.3, 0.4) is 0 Å². The number of aromatic nitrogens is 3. The van der Waals surface area contributed by atoms with Gasteiger partial charge in [-0.3, -0.25) is 0 Å². The van der Waals surface area contributed by atoms with E-state index in [1.54, 1.807) is 0 Å². The molecule has 3 N–H and O–H groups in total. The molecule has 0 saturated heterocycles. The van der Waals surface area contributed by atoms with Gasteiger partial charge in [-0.2, -0.15) is 0 Å². The van der Waals surface area contributed by atoms with E-state index in [1.807, 2.05) is 13.1 Å². The zero-order chi connectivity index (χ0) is 20.0. The fourth-order valence-electron chi connectivity index (χ4n) is 4.82. The number of nitrogens with two attached hydrogens (primary N) is 1. The normalized spacial score (nSPS) is 18.5. The molecule has 0 radical (unpaired) electrons. The molecule has 0 aliphatic heterocycles. The molecule has 29 heavy (non-hydrogen) atoms. The van der Waals surface area contributed by atoms with Gasteiger partial charge >= 0.3 is 0 Å². The molecule has 144 valence electrons. The Bertz CT molecular complexity index is 1230. The van der Waals surface area contributed by atoms with E-state index in [-0.39, 0.29) is 17.8 Å². The molecule has 5 heteroatoms. The molecule has 2 unspecified atom stereocenters. The largest absolute Gasteiger partial charge is 0.368 e. The predicted octanol–water partition coefficient (Wildman–Crippen LogP) is 4.53. The van der Waals surface area contributed by atoms with Crippen molar-refractivity contribution >= 4 is 23.1 Å². The van der Waals surface area contributed by atoms with E-state index >= 15 is 0 Å². The van der Waals surface area contributed by atoms with Crippen LogP contribution in [-0.4, -0.2) is 21.2 Å². The molecule has 2 aromatic carbocycles. The van der Waals surface area contributed by atoms with E-state index in [9.17, 15) is 4.79 Å². The third-order valence-electron chi connectivity index (χ3n) is 6.03. The van der Waals surface area contributed by atoms with Crippen LogP contribution in [0.4, 0.5) is 5.95 Å². The molecule has 2 aromatic heterocycles. The van der Waals surface area contributed by atoms with Crippen molar-refractivity contribution in [3.8, 4) is 11.1 Å². The lowest BCUT2D eigenvalue weighted by Gasteiger charge is -2.30. The minimum Gasteiger partial charge on any atom is -0.368 e. The van der Waals surface area contributed by atoms with Crippen LogP contribution in [0.1, 0.15) is 40.8 Å². The van der Waals surface area contributed by atoms with E-state index in [1.165, 1.54) is 22.1 Å². The molecule has 0 bridgehead atoms. The van der Waals surface area contributed by atoms with E-state index in [4.69, 9.17) is 5.73 Å². The monoisotopic (exact) mass is 382 g/mol. The van der Waals surface area contributed by atoms with Crippen molar-refractivity contribution in [2.75, 3.05) is 5.73 Å². The van der Waals surface area contributed by atoms with Gasteiger partial charge in [0.25, 0.3) is 0 Å². The number of aromatic amines is 1. The Morgan fingerprint density at radius 2 is 1.90 bits per heavy atom. The lowest BCUT2D eigenvalue weighted by Crippen LogP contribution is -2.22. The molecule has 1 aliphatic carbocycles. The molecule has 4 aromatic rings. The maximum absolute atomic E-state index is 11.9. The fourth-order valence-corrected chi connectivity index (χ4v) is 4.82. The first-order chi connectivity index (χ1) is 14.2. The number of nitrogens with zero attached hydrogens (tertiary/aromatic N) is 2. The van der Waals surface area contributed by atoms with Crippen molar-refractivity contribution in [2.45, 2.75) is 31.6 Å². The molecular formula is C24H22N4O. The summed E-state index contributed by atoms with van der Waals surface area (Å²) in [6.45, 7) is 1.91. The second-order valence-corrected chi connectivity index (χ2v) is 7.74. The SMILES string of the molecule is Cc1nc(N)nc2c1C(C=O)CC(c1ccccc1-c1cccc3[nH]ccc13)C2. The third kappa shape index (κ3) is 2.90. The summed E-state index contributed by atoms with van der Waals surface area (Å²) < 4.78 is 0. The number of benzene rings is 2. The number of H-pyrrole nitrogens is 1. The van der Waals surface area contributed by atoms with Gasteiger partial charge in [0.2, 0.25) is 5.95 Å². The number of aryl methyl sites for hydroxylation is 1. The molecule has 2 heterocycles. The van der Waals surface area contributed by atoms with E-state index in [0.717, 1.165) is 41.6 Å². The summed E-state index contributed by atoms with van der Waals surface area (Å²) in [6.07, 6.45) is 4.52. The van der Waals surface area contributed by atoms with Gasteiger partial charge in [0.15, 0.2) is 0 Å². The van der Waals surface area contributed by atoms with Gasteiger partial charge in [-0.1, -0.05) is 36.4 Å². The lowest BCUT2D eigenvalue weighted by atomic mass is 9.74. The van der Waals surface area contributed by atoms with Gasteiger partial charge in [0.1, 0.15) is 6.29 Å². The van der Waals surface area contributed by atoms with Crippen LogP contribution in [0, 0.1) is 6.92 Å². The highest BCUT2D eigenvalue weighted by molar-refractivity contribution is 5.96. The van der Waals surface area contributed by atoms with Crippen LogP contribution < -0.4 is 5.73 Å². The summed E-state index contributed by atoms with van der Waals surface area (Å²) in [7, 11) is 0. The van der Waals surface area contributed by atoms with Gasteiger partial charge in [-0.15, -0.1) is 0 Å². The maximum Gasteiger partial charge on any atom is 0.220 e. The van der Waals surface area contributed by atoms with Crippen molar-refractivity contribution in [2.24, 2.45) is 0 Å². The minimum atomic E-state index is -0.208. The van der Waals surface area contributed by atoms with Crippen LogP contribution in [0.2, 0.25) is 0 Å². The second-order valence-electron chi connectivity index (χ2n) is 7.74. The molecule has 0 fully saturated rings. The van der Waals surface area contributed by atoms with Gasteiger partial charge in [-0.05, 0) is 54.5 Å². The van der Waals surface area contributed by atoms with Crippen LogP contribution in [0.15, 0.2) is 54.7 Å². The van der Waals surface area contributed by atoms with Gasteiger partial charge < -0.3 is 15.5 Å². The van der Waals surface area contributed by atoms with Crippen molar-refractivity contribution in [1.29, 1.82) is 0 Å². The summed E-state index contributed by atoms with van der Waals surface area (Å²) in [6, 6.07) is 16.9. The van der Waals surface area contributed by atoms with Gasteiger partial charge in [-0.25, -0.2) is 9.97 Å². The summed E-state index contributed by atoms with van der Waals surface area (Å²) in [5, 5.41) is 1.20. The number of aldehydes is 1. The van der Waals surface area contributed by atoms with Crippen LogP contribution >= 0.6 is 0 Å². The maximum atomic E-state index is 11.9. The Balaban J connectivity index is 1.64. The Kier molecular flexibility index (Phi) is 4.16. The van der Waals surface area contributed by atoms with E-state index < -0.39 is 0 Å². The molecule has 2 atom stereocenters. The predicted molar refractivity (Wildman–Crippen MR) is 115 cm³/mol. The van der Waals surface area contributed by atoms with Crippen LogP contribution in [0.5, 0.6) is 0 Å².